The van der Waals surface area contributed by atoms with Gasteiger partial charge in [-0.1, -0.05) is 12.1 Å². The molecule has 0 aliphatic rings. The molecule has 0 saturated carbocycles. The Bertz CT molecular complexity index is 1130. The van der Waals surface area contributed by atoms with Crippen LogP contribution in [0.2, 0.25) is 0 Å². The molecular formula is C22H22BrNO4. The van der Waals surface area contributed by atoms with Gasteiger partial charge >= 0.3 is 5.97 Å². The molecule has 1 atom stereocenters. The van der Waals surface area contributed by atoms with Crippen LogP contribution in [-0.4, -0.2) is 13.1 Å². The second-order valence-corrected chi connectivity index (χ2v) is 7.66. The van der Waals surface area contributed by atoms with Crippen molar-refractivity contribution < 1.29 is 13.9 Å². The Kier molecular flexibility index (Phi) is 5.61. The molecule has 3 rings (SSSR count). The summed E-state index contributed by atoms with van der Waals surface area (Å²) in [5.41, 5.74) is 4.24. The number of hydrogen-bond acceptors (Lipinski definition) is 5. The minimum atomic E-state index is -0.415. The number of aryl methyl sites for hydroxylation is 2. The van der Waals surface area contributed by atoms with Crippen LogP contribution < -0.4 is 10.7 Å². The van der Waals surface area contributed by atoms with Crippen LogP contribution >= 0.6 is 15.9 Å². The first kappa shape index (κ1) is 20.1. The minimum Gasteiger partial charge on any atom is -0.465 e. The third-order valence-electron chi connectivity index (χ3n) is 4.87. The van der Waals surface area contributed by atoms with Gasteiger partial charge in [-0.2, -0.15) is 0 Å². The summed E-state index contributed by atoms with van der Waals surface area (Å²) in [6.45, 7) is 7.52. The fraction of sp³-hybridized carbons (Fsp3) is 0.273. The standard InChI is InChI=1S/C22H22BrNO4/c1-11-9-16(21-17(10-11)20(25)12(2)14(4)28-21)13(3)24-18-8-6-7-15(19(18)23)22(26)27-5/h6-10,13,24H,1-5H3. The Balaban J connectivity index is 2.09. The Morgan fingerprint density at radius 2 is 1.93 bits per heavy atom. The third kappa shape index (κ3) is 3.56. The largest absolute Gasteiger partial charge is 0.465 e. The van der Waals surface area contributed by atoms with Gasteiger partial charge in [-0.3, -0.25) is 4.79 Å². The molecule has 5 nitrogen and oxygen atoms in total. The summed E-state index contributed by atoms with van der Waals surface area (Å²) in [6.07, 6.45) is 0. The number of benzene rings is 2. The lowest BCUT2D eigenvalue weighted by Crippen LogP contribution is -2.13. The van der Waals surface area contributed by atoms with E-state index in [2.05, 4.69) is 21.2 Å². The molecule has 0 amide bonds. The van der Waals surface area contributed by atoms with Crippen molar-refractivity contribution in [2.75, 3.05) is 12.4 Å². The van der Waals surface area contributed by atoms with Crippen molar-refractivity contribution in [3.8, 4) is 0 Å². The molecule has 0 saturated heterocycles. The highest BCUT2D eigenvalue weighted by Crippen LogP contribution is 2.33. The predicted octanol–water partition coefficient (Wildman–Crippen LogP) is 5.44. The third-order valence-corrected chi connectivity index (χ3v) is 5.73. The number of anilines is 1. The molecule has 0 aliphatic heterocycles. The van der Waals surface area contributed by atoms with Crippen molar-refractivity contribution in [3.63, 3.8) is 0 Å². The molecule has 0 aliphatic carbocycles. The van der Waals surface area contributed by atoms with E-state index < -0.39 is 5.97 Å². The SMILES string of the molecule is COC(=O)c1cccc(NC(C)c2cc(C)cc3c(=O)c(C)c(C)oc23)c1Br. The van der Waals surface area contributed by atoms with Crippen molar-refractivity contribution in [2.45, 2.75) is 33.7 Å². The van der Waals surface area contributed by atoms with Crippen molar-refractivity contribution >= 4 is 38.6 Å². The van der Waals surface area contributed by atoms with Crippen LogP contribution in [0.1, 0.15) is 45.8 Å². The Morgan fingerprint density at radius 1 is 1.21 bits per heavy atom. The number of rotatable bonds is 4. The summed E-state index contributed by atoms with van der Waals surface area (Å²) in [6, 6.07) is 9.05. The van der Waals surface area contributed by atoms with Crippen molar-refractivity contribution in [3.05, 3.63) is 73.0 Å². The van der Waals surface area contributed by atoms with Crippen LogP contribution in [0.4, 0.5) is 5.69 Å². The van der Waals surface area contributed by atoms with Gasteiger partial charge in [-0.05, 0) is 67.4 Å². The van der Waals surface area contributed by atoms with Gasteiger partial charge in [-0.25, -0.2) is 4.79 Å². The fourth-order valence-corrected chi connectivity index (χ4v) is 3.76. The summed E-state index contributed by atoms with van der Waals surface area (Å²) in [5, 5.41) is 3.98. The molecule has 6 heteroatoms. The number of carbonyl (C=O) groups excluding carboxylic acids is 1. The lowest BCUT2D eigenvalue weighted by molar-refractivity contribution is 0.0599. The molecule has 2 aromatic carbocycles. The van der Waals surface area contributed by atoms with E-state index in [-0.39, 0.29) is 11.5 Å². The summed E-state index contributed by atoms with van der Waals surface area (Å²) in [5.74, 6) is 0.199. The van der Waals surface area contributed by atoms with Gasteiger partial charge in [0.25, 0.3) is 0 Å². The van der Waals surface area contributed by atoms with E-state index in [0.717, 1.165) is 16.8 Å². The lowest BCUT2D eigenvalue weighted by atomic mass is 10.00. The van der Waals surface area contributed by atoms with Crippen molar-refractivity contribution in [2.24, 2.45) is 0 Å². The number of ether oxygens (including phenoxy) is 1. The van der Waals surface area contributed by atoms with E-state index in [0.29, 0.717) is 32.3 Å². The molecule has 0 fully saturated rings. The molecule has 3 aromatic rings. The number of esters is 1. The topological polar surface area (TPSA) is 68.5 Å². The van der Waals surface area contributed by atoms with Gasteiger partial charge < -0.3 is 14.5 Å². The first-order chi connectivity index (χ1) is 13.2. The number of carbonyl (C=O) groups is 1. The average molecular weight is 444 g/mol. The van der Waals surface area contributed by atoms with Gasteiger partial charge in [0.15, 0.2) is 5.43 Å². The summed E-state index contributed by atoms with van der Waals surface area (Å²) >= 11 is 3.48. The molecule has 1 heterocycles. The van der Waals surface area contributed by atoms with Crippen LogP contribution in [0.15, 0.2) is 44.0 Å². The summed E-state index contributed by atoms with van der Waals surface area (Å²) in [4.78, 5) is 24.6. The zero-order valence-corrected chi connectivity index (χ0v) is 18.1. The maximum absolute atomic E-state index is 12.7. The van der Waals surface area contributed by atoms with E-state index in [1.54, 1.807) is 26.0 Å². The predicted molar refractivity (Wildman–Crippen MR) is 114 cm³/mol. The second-order valence-electron chi connectivity index (χ2n) is 6.87. The van der Waals surface area contributed by atoms with Crippen LogP contribution in [0.5, 0.6) is 0 Å². The van der Waals surface area contributed by atoms with E-state index >= 15 is 0 Å². The van der Waals surface area contributed by atoms with E-state index in [1.165, 1.54) is 7.11 Å². The first-order valence-corrected chi connectivity index (χ1v) is 9.71. The normalized spacial score (nSPS) is 12.1. The molecule has 1 unspecified atom stereocenters. The second kappa shape index (κ2) is 7.80. The molecule has 0 radical (unpaired) electrons. The molecule has 0 bridgehead atoms. The highest BCUT2D eigenvalue weighted by Gasteiger charge is 2.19. The van der Waals surface area contributed by atoms with Crippen LogP contribution in [0.3, 0.4) is 0 Å². The summed E-state index contributed by atoms with van der Waals surface area (Å²) < 4.78 is 11.5. The Labute approximate surface area is 171 Å². The number of hydrogen-bond donors (Lipinski definition) is 1. The number of halogens is 1. The molecule has 1 aromatic heterocycles. The van der Waals surface area contributed by atoms with Gasteiger partial charge in [0.05, 0.1) is 28.6 Å². The summed E-state index contributed by atoms with van der Waals surface area (Å²) in [7, 11) is 1.35. The van der Waals surface area contributed by atoms with Crippen LogP contribution in [0.25, 0.3) is 11.0 Å². The number of nitrogens with one attached hydrogen (secondary N) is 1. The smallest absolute Gasteiger partial charge is 0.339 e. The fourth-order valence-electron chi connectivity index (χ4n) is 3.22. The number of fused-ring (bicyclic) bond motifs is 1. The van der Waals surface area contributed by atoms with Gasteiger partial charge in [0, 0.05) is 16.8 Å². The molecule has 1 N–H and O–H groups in total. The zero-order chi connectivity index (χ0) is 20.6. The highest BCUT2D eigenvalue weighted by atomic mass is 79.9. The maximum atomic E-state index is 12.7. The quantitative estimate of drug-likeness (QED) is 0.543. The Morgan fingerprint density at radius 3 is 2.61 bits per heavy atom. The average Bonchev–Trinajstić information content (AvgIpc) is 2.67. The van der Waals surface area contributed by atoms with Gasteiger partial charge in [-0.15, -0.1) is 0 Å². The highest BCUT2D eigenvalue weighted by molar-refractivity contribution is 9.10. The molecule has 0 spiro atoms. The Hall–Kier alpha value is -2.60. The van der Waals surface area contributed by atoms with Crippen molar-refractivity contribution in [1.29, 1.82) is 0 Å². The van der Waals surface area contributed by atoms with Crippen molar-refractivity contribution in [1.82, 2.24) is 0 Å². The van der Waals surface area contributed by atoms with Gasteiger partial charge in [0.1, 0.15) is 11.3 Å². The van der Waals surface area contributed by atoms with E-state index in [4.69, 9.17) is 9.15 Å². The molecule has 28 heavy (non-hydrogen) atoms. The van der Waals surface area contributed by atoms with E-state index in [1.807, 2.05) is 32.0 Å². The first-order valence-electron chi connectivity index (χ1n) is 8.92. The van der Waals surface area contributed by atoms with Crippen LogP contribution in [-0.2, 0) is 4.74 Å². The van der Waals surface area contributed by atoms with Crippen LogP contribution in [0, 0.1) is 20.8 Å². The monoisotopic (exact) mass is 443 g/mol. The maximum Gasteiger partial charge on any atom is 0.339 e. The minimum absolute atomic E-state index is 0.00947. The molecule has 146 valence electrons. The van der Waals surface area contributed by atoms with Gasteiger partial charge in [0.2, 0.25) is 0 Å². The zero-order valence-electron chi connectivity index (χ0n) is 16.5. The van der Waals surface area contributed by atoms with E-state index in [9.17, 15) is 9.59 Å². The number of methoxy groups -OCH3 is 1. The lowest BCUT2D eigenvalue weighted by Gasteiger charge is -2.20. The molecular weight excluding hydrogens is 422 g/mol.